The molecule has 0 radical (unpaired) electrons. The minimum absolute atomic E-state index is 0.160. The summed E-state index contributed by atoms with van der Waals surface area (Å²) in [7, 11) is -0.976. The molecule has 1 saturated heterocycles. The van der Waals surface area contributed by atoms with Gasteiger partial charge in [0.2, 0.25) is 0 Å². The van der Waals surface area contributed by atoms with Crippen LogP contribution in [0.4, 0.5) is 10.1 Å². The highest BCUT2D eigenvalue weighted by Gasteiger charge is 2.20. The Morgan fingerprint density at radius 2 is 2.06 bits per heavy atom. The van der Waals surface area contributed by atoms with Gasteiger partial charge < -0.3 is 10.5 Å². The van der Waals surface area contributed by atoms with Crippen LogP contribution in [0.1, 0.15) is 18.4 Å². The highest BCUT2D eigenvalue weighted by molar-refractivity contribution is 7.84. The first kappa shape index (κ1) is 12.5. The molecule has 0 bridgehead atoms. The summed E-state index contributed by atoms with van der Waals surface area (Å²) in [6, 6.07) is 4.34. The standard InChI is InChI=1S/C12H16FNO2S/c13-10-5-9(6-11(14)7-10)8-17(15)12-1-3-16-4-2-12/h5-7,12H,1-4,8,14H2. The van der Waals surface area contributed by atoms with E-state index < -0.39 is 10.8 Å². The summed E-state index contributed by atoms with van der Waals surface area (Å²) in [4.78, 5) is 0. The Kier molecular flexibility index (Phi) is 4.12. The maximum atomic E-state index is 13.1. The first-order chi connectivity index (χ1) is 8.15. The van der Waals surface area contributed by atoms with Crippen molar-refractivity contribution in [2.45, 2.75) is 23.8 Å². The van der Waals surface area contributed by atoms with Crippen LogP contribution in [0.5, 0.6) is 0 Å². The Labute approximate surface area is 103 Å². The van der Waals surface area contributed by atoms with Crippen LogP contribution >= 0.6 is 0 Å². The smallest absolute Gasteiger partial charge is 0.125 e. The van der Waals surface area contributed by atoms with E-state index in [1.54, 1.807) is 6.07 Å². The second-order valence-electron chi connectivity index (χ2n) is 4.23. The molecule has 0 aliphatic carbocycles. The van der Waals surface area contributed by atoms with E-state index in [1.807, 2.05) is 0 Å². The van der Waals surface area contributed by atoms with Gasteiger partial charge >= 0.3 is 0 Å². The molecule has 0 amide bonds. The average molecular weight is 257 g/mol. The van der Waals surface area contributed by atoms with Crippen molar-refractivity contribution in [2.24, 2.45) is 0 Å². The third-order valence-corrected chi connectivity index (χ3v) is 4.66. The second kappa shape index (κ2) is 5.60. The third kappa shape index (κ3) is 3.51. The lowest BCUT2D eigenvalue weighted by atomic mass is 10.2. The van der Waals surface area contributed by atoms with E-state index >= 15 is 0 Å². The fourth-order valence-electron chi connectivity index (χ4n) is 1.98. The summed E-state index contributed by atoms with van der Waals surface area (Å²) in [6.45, 7) is 1.34. The molecule has 1 atom stereocenters. The largest absolute Gasteiger partial charge is 0.399 e. The number of nitrogen functional groups attached to an aromatic ring is 1. The van der Waals surface area contributed by atoms with Crippen molar-refractivity contribution in [1.29, 1.82) is 0 Å². The molecule has 1 aromatic carbocycles. The first-order valence-corrected chi connectivity index (χ1v) is 7.03. The van der Waals surface area contributed by atoms with Crippen molar-refractivity contribution < 1.29 is 13.3 Å². The van der Waals surface area contributed by atoms with Gasteiger partial charge in [-0.15, -0.1) is 0 Å². The second-order valence-corrected chi connectivity index (χ2v) is 5.95. The van der Waals surface area contributed by atoms with Crippen LogP contribution < -0.4 is 5.73 Å². The molecule has 2 N–H and O–H groups in total. The zero-order valence-corrected chi connectivity index (χ0v) is 10.3. The monoisotopic (exact) mass is 257 g/mol. The number of rotatable bonds is 3. The number of benzene rings is 1. The van der Waals surface area contributed by atoms with Crippen molar-refractivity contribution in [2.75, 3.05) is 18.9 Å². The molecule has 1 aromatic rings. The molecule has 1 unspecified atom stereocenters. The predicted molar refractivity (Wildman–Crippen MR) is 66.5 cm³/mol. The number of nitrogens with two attached hydrogens (primary N) is 1. The molecule has 0 aromatic heterocycles. The molecule has 1 aliphatic heterocycles. The van der Waals surface area contributed by atoms with Gasteiger partial charge in [0.05, 0.1) is 0 Å². The summed E-state index contributed by atoms with van der Waals surface area (Å²) in [6.07, 6.45) is 1.63. The summed E-state index contributed by atoms with van der Waals surface area (Å²) in [5.41, 5.74) is 6.63. The van der Waals surface area contributed by atoms with Gasteiger partial charge in [-0.25, -0.2) is 4.39 Å². The maximum Gasteiger partial charge on any atom is 0.125 e. The Morgan fingerprint density at radius 3 is 2.71 bits per heavy atom. The van der Waals surface area contributed by atoms with E-state index in [4.69, 9.17) is 10.5 Å². The number of halogens is 1. The quantitative estimate of drug-likeness (QED) is 0.841. The number of hydrogen-bond acceptors (Lipinski definition) is 3. The molecule has 5 heteroatoms. The zero-order valence-electron chi connectivity index (χ0n) is 9.52. The number of anilines is 1. The van der Waals surface area contributed by atoms with Crippen LogP contribution in [0.3, 0.4) is 0 Å². The topological polar surface area (TPSA) is 52.3 Å². The number of ether oxygens (including phenoxy) is 1. The van der Waals surface area contributed by atoms with E-state index in [-0.39, 0.29) is 11.1 Å². The number of hydrogen-bond donors (Lipinski definition) is 1. The highest BCUT2D eigenvalue weighted by atomic mass is 32.2. The van der Waals surface area contributed by atoms with Gasteiger partial charge in [-0.2, -0.15) is 0 Å². The molecule has 1 fully saturated rings. The van der Waals surface area contributed by atoms with Crippen molar-refractivity contribution >= 4 is 16.5 Å². The molecule has 94 valence electrons. The molecule has 1 heterocycles. The summed E-state index contributed by atoms with van der Waals surface area (Å²) < 4.78 is 30.4. The molecular weight excluding hydrogens is 241 g/mol. The molecule has 1 aliphatic rings. The van der Waals surface area contributed by atoms with Gasteiger partial charge in [0.25, 0.3) is 0 Å². The lowest BCUT2D eigenvalue weighted by molar-refractivity contribution is 0.0992. The molecule has 3 nitrogen and oxygen atoms in total. The predicted octanol–water partition coefficient (Wildman–Crippen LogP) is 1.84. The van der Waals surface area contributed by atoms with Crippen molar-refractivity contribution in [3.63, 3.8) is 0 Å². The van der Waals surface area contributed by atoms with Crippen LogP contribution in [-0.2, 0) is 21.3 Å². The SMILES string of the molecule is Nc1cc(F)cc(CS(=O)C2CCOCC2)c1. The van der Waals surface area contributed by atoms with Gasteiger partial charge in [-0.3, -0.25) is 4.21 Å². The molecule has 0 saturated carbocycles. The lowest BCUT2D eigenvalue weighted by Gasteiger charge is -2.21. The van der Waals surface area contributed by atoms with Crippen LogP contribution in [0.15, 0.2) is 18.2 Å². The Hall–Kier alpha value is -0.940. The highest BCUT2D eigenvalue weighted by Crippen LogP contribution is 2.18. The van der Waals surface area contributed by atoms with Crippen LogP contribution in [-0.4, -0.2) is 22.7 Å². The fourth-order valence-corrected chi connectivity index (χ4v) is 3.43. The van der Waals surface area contributed by atoms with Gasteiger partial charge in [0.15, 0.2) is 0 Å². The first-order valence-electron chi connectivity index (χ1n) is 5.65. The minimum atomic E-state index is -0.976. The van der Waals surface area contributed by atoms with Crippen molar-refractivity contribution in [3.05, 3.63) is 29.6 Å². The minimum Gasteiger partial charge on any atom is -0.399 e. The summed E-state index contributed by atoms with van der Waals surface area (Å²) in [5.74, 6) is -0.00363. The average Bonchev–Trinajstić information content (AvgIpc) is 2.28. The molecular formula is C12H16FNO2S. The Bertz CT molecular complexity index is 399. The summed E-state index contributed by atoms with van der Waals surface area (Å²) >= 11 is 0. The Balaban J connectivity index is 2.01. The zero-order chi connectivity index (χ0) is 12.3. The van der Waals surface area contributed by atoms with Crippen molar-refractivity contribution in [1.82, 2.24) is 0 Å². The van der Waals surface area contributed by atoms with E-state index in [0.29, 0.717) is 30.2 Å². The Morgan fingerprint density at radius 1 is 1.35 bits per heavy atom. The maximum absolute atomic E-state index is 13.1. The van der Waals surface area contributed by atoms with Crippen LogP contribution in [0, 0.1) is 5.82 Å². The van der Waals surface area contributed by atoms with Crippen LogP contribution in [0.25, 0.3) is 0 Å². The lowest BCUT2D eigenvalue weighted by Crippen LogP contribution is -2.25. The van der Waals surface area contributed by atoms with E-state index in [0.717, 1.165) is 12.8 Å². The summed E-state index contributed by atoms with van der Waals surface area (Å²) in [5, 5.41) is 0.160. The molecule has 2 rings (SSSR count). The van der Waals surface area contributed by atoms with E-state index in [2.05, 4.69) is 0 Å². The third-order valence-electron chi connectivity index (χ3n) is 2.83. The van der Waals surface area contributed by atoms with Gasteiger partial charge in [0.1, 0.15) is 5.82 Å². The van der Waals surface area contributed by atoms with E-state index in [9.17, 15) is 8.60 Å². The normalized spacial score (nSPS) is 19.1. The van der Waals surface area contributed by atoms with Gasteiger partial charge in [-0.1, -0.05) is 0 Å². The molecule has 0 spiro atoms. The van der Waals surface area contributed by atoms with Crippen molar-refractivity contribution in [3.8, 4) is 0 Å². The van der Waals surface area contributed by atoms with E-state index in [1.165, 1.54) is 12.1 Å². The molecule has 17 heavy (non-hydrogen) atoms. The van der Waals surface area contributed by atoms with Gasteiger partial charge in [-0.05, 0) is 36.6 Å². The fraction of sp³-hybridized carbons (Fsp3) is 0.500. The van der Waals surface area contributed by atoms with Gasteiger partial charge in [0, 0.05) is 40.7 Å². The van der Waals surface area contributed by atoms with Crippen LogP contribution in [0.2, 0.25) is 0 Å².